The maximum atomic E-state index is 13.2. The lowest BCUT2D eigenvalue weighted by Gasteiger charge is -2.25. The number of halogens is 1. The number of fused-ring (bicyclic) bond motifs is 1. The molecule has 3 rings (SSSR count). The van der Waals surface area contributed by atoms with E-state index in [9.17, 15) is 9.18 Å². The molecule has 0 aliphatic carbocycles. The molecule has 0 N–H and O–H groups in total. The van der Waals surface area contributed by atoms with Crippen LogP contribution in [0, 0.1) is 5.82 Å². The number of Topliss-reactive ketones (excluding diaryl/α,β-unsaturated/α-hetero) is 1. The minimum atomic E-state index is -0.410. The second-order valence-corrected chi connectivity index (χ2v) is 4.65. The van der Waals surface area contributed by atoms with Crippen molar-refractivity contribution in [2.75, 3.05) is 7.11 Å². The van der Waals surface area contributed by atoms with Crippen molar-refractivity contribution in [2.24, 2.45) is 0 Å². The average Bonchev–Trinajstić information content (AvgIpc) is 2.46. The third-order valence-corrected chi connectivity index (χ3v) is 3.37. The minimum Gasteiger partial charge on any atom is -0.497 e. The summed E-state index contributed by atoms with van der Waals surface area (Å²) in [4.78, 5) is 12.1. The van der Waals surface area contributed by atoms with Gasteiger partial charge in [-0.3, -0.25) is 4.79 Å². The zero-order chi connectivity index (χ0) is 14.1. The third-order valence-electron chi connectivity index (χ3n) is 3.37. The number of rotatable bonds is 2. The first kappa shape index (κ1) is 12.7. The summed E-state index contributed by atoms with van der Waals surface area (Å²) < 4.78 is 24.1. The summed E-state index contributed by atoms with van der Waals surface area (Å²) in [6.45, 7) is 0. The Kier molecular flexibility index (Phi) is 3.14. The van der Waals surface area contributed by atoms with Gasteiger partial charge in [-0.2, -0.15) is 0 Å². The summed E-state index contributed by atoms with van der Waals surface area (Å²) in [7, 11) is 1.59. The molecule has 20 heavy (non-hydrogen) atoms. The van der Waals surface area contributed by atoms with E-state index in [-0.39, 0.29) is 18.3 Å². The van der Waals surface area contributed by atoms with Crippen LogP contribution in [0.15, 0.2) is 42.5 Å². The van der Waals surface area contributed by atoms with Crippen molar-refractivity contribution in [3.63, 3.8) is 0 Å². The molecule has 0 saturated heterocycles. The predicted molar refractivity (Wildman–Crippen MR) is 71.7 cm³/mol. The molecule has 0 spiro atoms. The summed E-state index contributed by atoms with van der Waals surface area (Å²) in [5, 5.41) is 0. The molecule has 1 atom stereocenters. The molecule has 0 aromatic heterocycles. The first-order valence-electron chi connectivity index (χ1n) is 6.31. The Morgan fingerprint density at radius 1 is 1.20 bits per heavy atom. The highest BCUT2D eigenvalue weighted by Gasteiger charge is 2.27. The van der Waals surface area contributed by atoms with E-state index in [0.717, 1.165) is 11.3 Å². The molecule has 0 fully saturated rings. The van der Waals surface area contributed by atoms with Gasteiger partial charge < -0.3 is 9.47 Å². The van der Waals surface area contributed by atoms with Crippen molar-refractivity contribution in [3.8, 4) is 11.5 Å². The Bertz CT molecular complexity index is 649. The fourth-order valence-electron chi connectivity index (χ4n) is 2.30. The smallest absolute Gasteiger partial charge is 0.170 e. The van der Waals surface area contributed by atoms with E-state index in [1.807, 2.05) is 24.3 Å². The monoisotopic (exact) mass is 272 g/mol. The number of hydrogen-bond donors (Lipinski definition) is 0. The van der Waals surface area contributed by atoms with Crippen LogP contribution >= 0.6 is 0 Å². The number of benzene rings is 2. The van der Waals surface area contributed by atoms with E-state index in [0.29, 0.717) is 11.3 Å². The van der Waals surface area contributed by atoms with Crippen molar-refractivity contribution in [1.82, 2.24) is 0 Å². The number of carbonyl (C=O) groups excluding carboxylic acids is 1. The van der Waals surface area contributed by atoms with Crippen LogP contribution in [0.25, 0.3) is 0 Å². The van der Waals surface area contributed by atoms with Gasteiger partial charge in [0.05, 0.1) is 19.1 Å². The fourth-order valence-corrected chi connectivity index (χ4v) is 2.30. The molecule has 0 amide bonds. The molecule has 2 aromatic rings. The standard InChI is InChI=1S/C16H13FO3/c1-19-12-5-2-10(3-6-12)15-9-14(18)13-7-4-11(17)8-16(13)20-15/h2-8,15H,9H2,1H3/t15-/m1/s1. The van der Waals surface area contributed by atoms with Gasteiger partial charge in [-0.05, 0) is 29.8 Å². The lowest BCUT2D eigenvalue weighted by atomic mass is 9.96. The Balaban J connectivity index is 1.91. The summed E-state index contributed by atoms with van der Waals surface area (Å²) in [6, 6.07) is 11.3. The first-order chi connectivity index (χ1) is 9.67. The van der Waals surface area contributed by atoms with Gasteiger partial charge in [0.1, 0.15) is 23.4 Å². The number of hydrogen-bond acceptors (Lipinski definition) is 3. The Hall–Kier alpha value is -2.36. The van der Waals surface area contributed by atoms with Crippen molar-refractivity contribution >= 4 is 5.78 Å². The van der Waals surface area contributed by atoms with Gasteiger partial charge in [0.15, 0.2) is 5.78 Å². The van der Waals surface area contributed by atoms with Gasteiger partial charge in [-0.15, -0.1) is 0 Å². The topological polar surface area (TPSA) is 35.5 Å². The zero-order valence-electron chi connectivity index (χ0n) is 10.9. The highest BCUT2D eigenvalue weighted by atomic mass is 19.1. The summed E-state index contributed by atoms with van der Waals surface area (Å²) in [6.07, 6.45) is -0.131. The number of ether oxygens (including phenoxy) is 2. The number of ketones is 1. The number of methoxy groups -OCH3 is 1. The largest absolute Gasteiger partial charge is 0.497 e. The molecule has 0 bridgehead atoms. The maximum Gasteiger partial charge on any atom is 0.170 e. The Labute approximate surface area is 115 Å². The highest BCUT2D eigenvalue weighted by Crippen LogP contribution is 2.35. The Morgan fingerprint density at radius 3 is 2.65 bits per heavy atom. The van der Waals surface area contributed by atoms with Gasteiger partial charge in [0.2, 0.25) is 0 Å². The van der Waals surface area contributed by atoms with Crippen LogP contribution in [-0.2, 0) is 0 Å². The molecule has 3 nitrogen and oxygen atoms in total. The van der Waals surface area contributed by atoms with Gasteiger partial charge in [0, 0.05) is 6.07 Å². The van der Waals surface area contributed by atoms with E-state index in [1.54, 1.807) is 7.11 Å². The van der Waals surface area contributed by atoms with Crippen molar-refractivity contribution in [2.45, 2.75) is 12.5 Å². The summed E-state index contributed by atoms with van der Waals surface area (Å²) in [5.74, 6) is 0.600. The molecule has 1 heterocycles. The maximum absolute atomic E-state index is 13.2. The quantitative estimate of drug-likeness (QED) is 0.838. The van der Waals surface area contributed by atoms with Gasteiger partial charge in [-0.1, -0.05) is 12.1 Å². The van der Waals surface area contributed by atoms with Crippen LogP contribution in [0.2, 0.25) is 0 Å². The predicted octanol–water partition coefficient (Wildman–Crippen LogP) is 3.54. The SMILES string of the molecule is COc1ccc([C@H]2CC(=O)c3ccc(F)cc3O2)cc1. The summed E-state index contributed by atoms with van der Waals surface area (Å²) in [5.41, 5.74) is 1.31. The molecular formula is C16H13FO3. The van der Waals surface area contributed by atoms with Crippen molar-refractivity contribution in [1.29, 1.82) is 0 Å². The molecule has 1 aliphatic heterocycles. The van der Waals surface area contributed by atoms with Gasteiger partial charge >= 0.3 is 0 Å². The van der Waals surface area contributed by atoms with Crippen molar-refractivity contribution in [3.05, 3.63) is 59.4 Å². The molecule has 1 aliphatic rings. The molecule has 2 aromatic carbocycles. The van der Waals surface area contributed by atoms with E-state index in [1.165, 1.54) is 18.2 Å². The van der Waals surface area contributed by atoms with Gasteiger partial charge in [-0.25, -0.2) is 4.39 Å². The Morgan fingerprint density at radius 2 is 1.95 bits per heavy atom. The number of carbonyl (C=O) groups is 1. The fraction of sp³-hybridized carbons (Fsp3) is 0.188. The molecule has 0 radical (unpaired) electrons. The molecule has 0 saturated carbocycles. The van der Waals surface area contributed by atoms with Crippen LogP contribution in [-0.4, -0.2) is 12.9 Å². The van der Waals surface area contributed by atoms with E-state index < -0.39 is 5.82 Å². The molecule has 102 valence electrons. The summed E-state index contributed by atoms with van der Waals surface area (Å²) >= 11 is 0. The van der Waals surface area contributed by atoms with E-state index in [4.69, 9.17) is 9.47 Å². The second kappa shape index (κ2) is 4.96. The lowest BCUT2D eigenvalue weighted by molar-refractivity contribution is 0.0849. The average molecular weight is 272 g/mol. The van der Waals surface area contributed by atoms with E-state index >= 15 is 0 Å². The lowest BCUT2D eigenvalue weighted by Crippen LogP contribution is -2.20. The zero-order valence-corrected chi connectivity index (χ0v) is 10.9. The van der Waals surface area contributed by atoms with Crippen LogP contribution in [0.3, 0.4) is 0 Å². The molecular weight excluding hydrogens is 259 g/mol. The van der Waals surface area contributed by atoms with Crippen LogP contribution in [0.1, 0.15) is 28.4 Å². The normalized spacial score (nSPS) is 17.3. The second-order valence-electron chi connectivity index (χ2n) is 4.65. The van der Waals surface area contributed by atoms with Crippen molar-refractivity contribution < 1.29 is 18.7 Å². The third kappa shape index (κ3) is 2.25. The minimum absolute atomic E-state index is 0.0351. The van der Waals surface area contributed by atoms with Crippen LogP contribution in [0.5, 0.6) is 11.5 Å². The molecule has 4 heteroatoms. The van der Waals surface area contributed by atoms with Crippen LogP contribution in [0.4, 0.5) is 4.39 Å². The first-order valence-corrected chi connectivity index (χ1v) is 6.31. The van der Waals surface area contributed by atoms with Crippen LogP contribution < -0.4 is 9.47 Å². The van der Waals surface area contributed by atoms with E-state index in [2.05, 4.69) is 0 Å². The van der Waals surface area contributed by atoms with Gasteiger partial charge in [0.25, 0.3) is 0 Å². The highest BCUT2D eigenvalue weighted by molar-refractivity contribution is 6.00. The molecule has 0 unspecified atom stereocenters.